The minimum atomic E-state index is -0.117. The van der Waals surface area contributed by atoms with Crippen LogP contribution in [0, 0.1) is 5.41 Å². The first kappa shape index (κ1) is 15.5. The lowest BCUT2D eigenvalue weighted by atomic mass is 9.75. The van der Waals surface area contributed by atoms with E-state index in [1.165, 1.54) is 26.4 Å². The first-order chi connectivity index (χ1) is 8.48. The van der Waals surface area contributed by atoms with E-state index in [-0.39, 0.29) is 12.0 Å². The molecule has 1 rings (SSSR count). The Morgan fingerprint density at radius 3 is 2.78 bits per heavy atom. The van der Waals surface area contributed by atoms with Crippen molar-refractivity contribution in [2.24, 2.45) is 5.41 Å². The maximum absolute atomic E-state index is 11.8. The summed E-state index contributed by atoms with van der Waals surface area (Å²) in [6.45, 7) is 6.79. The maximum atomic E-state index is 11.8. The zero-order valence-electron chi connectivity index (χ0n) is 12.4. The van der Waals surface area contributed by atoms with Gasteiger partial charge in [0.15, 0.2) is 0 Å². The van der Waals surface area contributed by atoms with E-state index >= 15 is 0 Å². The highest BCUT2D eigenvalue weighted by atomic mass is 16.5. The molecule has 1 fully saturated rings. The second-order valence-corrected chi connectivity index (χ2v) is 6.34. The summed E-state index contributed by atoms with van der Waals surface area (Å²) in [5, 5.41) is 3.52. The molecular weight excluding hydrogens is 226 g/mol. The number of hydrogen-bond donors (Lipinski definition) is 1. The number of nitrogens with one attached hydrogen (secondary N) is 1. The zero-order chi connectivity index (χ0) is 13.6. The lowest BCUT2D eigenvalue weighted by Gasteiger charge is -2.37. The summed E-state index contributed by atoms with van der Waals surface area (Å²) in [5.41, 5.74) is 0.404. The smallest absolute Gasteiger partial charge is 0.322 e. The van der Waals surface area contributed by atoms with Gasteiger partial charge in [-0.25, -0.2) is 0 Å². The molecule has 18 heavy (non-hydrogen) atoms. The zero-order valence-corrected chi connectivity index (χ0v) is 12.4. The van der Waals surface area contributed by atoms with E-state index in [0.29, 0.717) is 11.5 Å². The van der Waals surface area contributed by atoms with Crippen molar-refractivity contribution < 1.29 is 9.53 Å². The van der Waals surface area contributed by atoms with Crippen molar-refractivity contribution in [3.05, 3.63) is 0 Å². The summed E-state index contributed by atoms with van der Waals surface area (Å²) >= 11 is 0. The van der Waals surface area contributed by atoms with Gasteiger partial charge in [0.1, 0.15) is 6.04 Å². The van der Waals surface area contributed by atoms with E-state index in [0.717, 1.165) is 25.7 Å². The molecule has 0 amide bonds. The Kier molecular flexibility index (Phi) is 6.13. The number of esters is 1. The number of hydrogen-bond acceptors (Lipinski definition) is 3. The molecule has 1 saturated carbocycles. The van der Waals surface area contributed by atoms with Crippen LogP contribution < -0.4 is 5.32 Å². The second kappa shape index (κ2) is 7.13. The van der Waals surface area contributed by atoms with E-state index in [1.54, 1.807) is 0 Å². The van der Waals surface area contributed by atoms with Crippen LogP contribution >= 0.6 is 0 Å². The third-order valence-electron chi connectivity index (χ3n) is 3.97. The predicted octanol–water partition coefficient (Wildman–Crippen LogP) is 3.28. The first-order valence-corrected chi connectivity index (χ1v) is 7.32. The average Bonchev–Trinajstić information content (AvgIpc) is 2.32. The van der Waals surface area contributed by atoms with Gasteiger partial charge in [-0.05, 0) is 31.1 Å². The van der Waals surface area contributed by atoms with Crippen molar-refractivity contribution in [2.45, 2.75) is 77.8 Å². The van der Waals surface area contributed by atoms with Gasteiger partial charge < -0.3 is 10.1 Å². The molecule has 1 aliphatic rings. The minimum Gasteiger partial charge on any atom is -0.468 e. The fourth-order valence-corrected chi connectivity index (χ4v) is 2.94. The molecule has 1 N–H and O–H groups in total. The number of methoxy groups -OCH3 is 1. The fraction of sp³-hybridized carbons (Fsp3) is 0.933. The molecule has 2 atom stereocenters. The molecule has 0 aromatic carbocycles. The molecule has 0 bridgehead atoms. The molecule has 0 aromatic heterocycles. The molecule has 1 aliphatic carbocycles. The van der Waals surface area contributed by atoms with E-state index in [4.69, 9.17) is 4.74 Å². The van der Waals surface area contributed by atoms with Crippen LogP contribution in [0.3, 0.4) is 0 Å². The first-order valence-electron chi connectivity index (χ1n) is 7.32. The number of unbranched alkanes of at least 4 members (excludes halogenated alkanes) is 1. The molecule has 2 unspecified atom stereocenters. The summed E-state index contributed by atoms with van der Waals surface area (Å²) in [5.74, 6) is -0.105. The van der Waals surface area contributed by atoms with Crippen molar-refractivity contribution in [2.75, 3.05) is 7.11 Å². The molecule has 0 aromatic rings. The van der Waals surface area contributed by atoms with Gasteiger partial charge in [-0.3, -0.25) is 4.79 Å². The highest BCUT2D eigenvalue weighted by Crippen LogP contribution is 2.35. The van der Waals surface area contributed by atoms with Gasteiger partial charge in [0.05, 0.1) is 7.11 Å². The fourth-order valence-electron chi connectivity index (χ4n) is 2.94. The lowest BCUT2D eigenvalue weighted by molar-refractivity contribution is -0.143. The van der Waals surface area contributed by atoms with E-state index in [2.05, 4.69) is 26.1 Å². The molecule has 3 nitrogen and oxygen atoms in total. The van der Waals surface area contributed by atoms with Crippen LogP contribution in [0.15, 0.2) is 0 Å². The van der Waals surface area contributed by atoms with Crippen molar-refractivity contribution in [3.63, 3.8) is 0 Å². The van der Waals surface area contributed by atoms with Gasteiger partial charge in [-0.15, -0.1) is 0 Å². The Hall–Kier alpha value is -0.570. The highest BCUT2D eigenvalue weighted by Gasteiger charge is 2.30. The predicted molar refractivity (Wildman–Crippen MR) is 74.5 cm³/mol. The maximum Gasteiger partial charge on any atom is 0.322 e. The van der Waals surface area contributed by atoms with Crippen LogP contribution in [0.2, 0.25) is 0 Å². The van der Waals surface area contributed by atoms with Crippen LogP contribution in [0.4, 0.5) is 0 Å². The third-order valence-corrected chi connectivity index (χ3v) is 3.97. The summed E-state index contributed by atoms with van der Waals surface area (Å²) in [4.78, 5) is 11.8. The van der Waals surface area contributed by atoms with Gasteiger partial charge in [0.2, 0.25) is 0 Å². The molecular formula is C15H29NO2. The van der Waals surface area contributed by atoms with Crippen LogP contribution in [-0.4, -0.2) is 25.2 Å². The Morgan fingerprint density at radius 1 is 1.50 bits per heavy atom. The quantitative estimate of drug-likeness (QED) is 0.740. The summed E-state index contributed by atoms with van der Waals surface area (Å²) in [6, 6.07) is 0.351. The summed E-state index contributed by atoms with van der Waals surface area (Å²) in [6.07, 6.45) is 7.97. The van der Waals surface area contributed by atoms with Gasteiger partial charge in [-0.1, -0.05) is 40.0 Å². The lowest BCUT2D eigenvalue weighted by Crippen LogP contribution is -2.47. The molecule has 0 aliphatic heterocycles. The van der Waals surface area contributed by atoms with Gasteiger partial charge >= 0.3 is 5.97 Å². The van der Waals surface area contributed by atoms with Crippen molar-refractivity contribution in [1.82, 2.24) is 5.32 Å². The molecule has 0 heterocycles. The van der Waals surface area contributed by atoms with Gasteiger partial charge in [0.25, 0.3) is 0 Å². The standard InChI is InChI=1S/C15H29NO2/c1-5-6-9-13(14(17)18-4)16-12-8-7-10-15(2,3)11-12/h12-13,16H,5-11H2,1-4H3. The SMILES string of the molecule is CCCCC(NC1CCCC(C)(C)C1)C(=O)OC. The number of carbonyl (C=O) groups excluding carboxylic acids is 1. The Balaban J connectivity index is 2.51. The van der Waals surface area contributed by atoms with E-state index in [1.807, 2.05) is 0 Å². The van der Waals surface area contributed by atoms with Crippen molar-refractivity contribution in [3.8, 4) is 0 Å². The molecule has 0 spiro atoms. The van der Waals surface area contributed by atoms with Crippen LogP contribution in [0.5, 0.6) is 0 Å². The van der Waals surface area contributed by atoms with Crippen LogP contribution in [0.1, 0.15) is 65.7 Å². The summed E-state index contributed by atoms with van der Waals surface area (Å²) in [7, 11) is 1.48. The third kappa shape index (κ3) is 4.97. The van der Waals surface area contributed by atoms with Crippen molar-refractivity contribution >= 4 is 5.97 Å². The molecule has 106 valence electrons. The van der Waals surface area contributed by atoms with Crippen molar-refractivity contribution in [1.29, 1.82) is 0 Å². The Bertz CT molecular complexity index is 263. The Morgan fingerprint density at radius 2 is 2.22 bits per heavy atom. The van der Waals surface area contributed by atoms with Crippen LogP contribution in [-0.2, 0) is 9.53 Å². The average molecular weight is 255 g/mol. The number of rotatable bonds is 6. The highest BCUT2D eigenvalue weighted by molar-refractivity contribution is 5.75. The van der Waals surface area contributed by atoms with Crippen LogP contribution in [0.25, 0.3) is 0 Å². The van der Waals surface area contributed by atoms with E-state index in [9.17, 15) is 4.79 Å². The molecule has 0 radical (unpaired) electrons. The van der Waals surface area contributed by atoms with Gasteiger partial charge in [-0.2, -0.15) is 0 Å². The topological polar surface area (TPSA) is 38.3 Å². The largest absolute Gasteiger partial charge is 0.468 e. The number of ether oxygens (including phenoxy) is 1. The molecule has 0 saturated heterocycles. The Labute approximate surface area is 112 Å². The monoisotopic (exact) mass is 255 g/mol. The molecule has 3 heteroatoms. The minimum absolute atomic E-state index is 0.105. The normalized spacial score (nSPS) is 24.6. The number of carbonyl (C=O) groups is 1. The second-order valence-electron chi connectivity index (χ2n) is 6.34. The van der Waals surface area contributed by atoms with Gasteiger partial charge in [0, 0.05) is 6.04 Å². The summed E-state index contributed by atoms with van der Waals surface area (Å²) < 4.78 is 4.90. The van der Waals surface area contributed by atoms with E-state index < -0.39 is 0 Å².